The maximum Gasteiger partial charge on any atom is 0.309 e. The van der Waals surface area contributed by atoms with Gasteiger partial charge in [0.2, 0.25) is 0 Å². The first-order valence-corrected chi connectivity index (χ1v) is 8.54. The van der Waals surface area contributed by atoms with E-state index in [0.29, 0.717) is 12.8 Å². The maximum atomic E-state index is 11.5. The fourth-order valence-corrected chi connectivity index (χ4v) is 2.68. The molecule has 0 bridgehead atoms. The first kappa shape index (κ1) is 20.4. The van der Waals surface area contributed by atoms with E-state index in [1.54, 1.807) is 18.2 Å². The van der Waals surface area contributed by atoms with Crippen molar-refractivity contribution in [2.45, 2.75) is 70.2 Å². The molecule has 136 valence electrons. The third kappa shape index (κ3) is 7.75. The molecule has 0 aliphatic carbocycles. The number of cyclic esters (lactones) is 1. The van der Waals surface area contributed by atoms with Crippen LogP contribution in [0.1, 0.15) is 51.9 Å². The van der Waals surface area contributed by atoms with Gasteiger partial charge in [0.1, 0.15) is 6.10 Å². The number of rotatable bonds is 10. The van der Waals surface area contributed by atoms with Gasteiger partial charge in [-0.2, -0.15) is 0 Å². The van der Waals surface area contributed by atoms with Gasteiger partial charge in [-0.15, -0.1) is 0 Å². The Labute approximate surface area is 142 Å². The van der Waals surface area contributed by atoms with Crippen LogP contribution in [-0.2, 0) is 14.3 Å². The van der Waals surface area contributed by atoms with Gasteiger partial charge in [-0.25, -0.2) is 0 Å². The molecule has 0 radical (unpaired) electrons. The van der Waals surface area contributed by atoms with Gasteiger partial charge in [0.05, 0.1) is 25.0 Å². The second-order valence-corrected chi connectivity index (χ2v) is 6.14. The molecule has 24 heavy (non-hydrogen) atoms. The van der Waals surface area contributed by atoms with Crippen molar-refractivity contribution in [3.8, 4) is 0 Å². The summed E-state index contributed by atoms with van der Waals surface area (Å²) in [4.78, 5) is 22.0. The van der Waals surface area contributed by atoms with Crippen molar-refractivity contribution in [3.05, 3.63) is 24.3 Å². The zero-order valence-corrected chi connectivity index (χ0v) is 14.1. The average molecular weight is 340 g/mol. The summed E-state index contributed by atoms with van der Waals surface area (Å²) in [5, 5.41) is 28.7. The van der Waals surface area contributed by atoms with Gasteiger partial charge in [-0.3, -0.25) is 9.59 Å². The first-order chi connectivity index (χ1) is 11.4. The summed E-state index contributed by atoms with van der Waals surface area (Å²) in [6, 6.07) is 0. The van der Waals surface area contributed by atoms with Crippen LogP contribution in [-0.4, -0.2) is 45.6 Å². The minimum atomic E-state index is -0.923. The van der Waals surface area contributed by atoms with E-state index in [2.05, 4.69) is 6.92 Å². The molecule has 0 aromatic carbocycles. The molecule has 0 unspecified atom stereocenters. The third-order valence-corrected chi connectivity index (χ3v) is 4.05. The van der Waals surface area contributed by atoms with Crippen molar-refractivity contribution in [1.82, 2.24) is 0 Å². The predicted octanol–water partition coefficient (Wildman–Crippen LogP) is 2.20. The van der Waals surface area contributed by atoms with E-state index >= 15 is 0 Å². The summed E-state index contributed by atoms with van der Waals surface area (Å²) in [5.41, 5.74) is 0. The van der Waals surface area contributed by atoms with Gasteiger partial charge in [0, 0.05) is 5.92 Å². The molecule has 0 aromatic heterocycles. The number of carboxylic acids is 1. The Morgan fingerprint density at radius 3 is 2.79 bits per heavy atom. The van der Waals surface area contributed by atoms with Crippen LogP contribution in [0, 0.1) is 5.92 Å². The molecule has 6 nitrogen and oxygen atoms in total. The van der Waals surface area contributed by atoms with Gasteiger partial charge in [0.15, 0.2) is 0 Å². The number of carbonyl (C=O) groups excluding carboxylic acids is 1. The molecular formula is C18H28O6. The summed E-state index contributed by atoms with van der Waals surface area (Å²) < 4.78 is 5.28. The Morgan fingerprint density at radius 2 is 2.12 bits per heavy atom. The molecular weight excluding hydrogens is 312 g/mol. The highest BCUT2D eigenvalue weighted by atomic mass is 16.5. The number of aliphatic carboxylic acids is 1. The van der Waals surface area contributed by atoms with E-state index in [9.17, 15) is 19.8 Å². The van der Waals surface area contributed by atoms with Gasteiger partial charge in [-0.1, -0.05) is 44.4 Å². The number of carboxylic acid groups (broad SMARTS) is 1. The second-order valence-electron chi connectivity index (χ2n) is 6.14. The van der Waals surface area contributed by atoms with Crippen LogP contribution in [0.3, 0.4) is 0 Å². The first-order valence-electron chi connectivity index (χ1n) is 8.54. The van der Waals surface area contributed by atoms with Crippen molar-refractivity contribution in [2.75, 3.05) is 0 Å². The zero-order valence-electron chi connectivity index (χ0n) is 14.1. The van der Waals surface area contributed by atoms with Crippen molar-refractivity contribution in [2.24, 2.45) is 5.92 Å². The van der Waals surface area contributed by atoms with Gasteiger partial charge >= 0.3 is 11.9 Å². The van der Waals surface area contributed by atoms with Crippen molar-refractivity contribution < 1.29 is 29.6 Å². The summed E-state index contributed by atoms with van der Waals surface area (Å²) in [7, 11) is 0. The lowest BCUT2D eigenvalue weighted by Gasteiger charge is -2.32. The lowest BCUT2D eigenvalue weighted by atomic mass is 9.87. The number of esters is 1. The monoisotopic (exact) mass is 340 g/mol. The van der Waals surface area contributed by atoms with Crippen LogP contribution >= 0.6 is 0 Å². The smallest absolute Gasteiger partial charge is 0.309 e. The van der Waals surface area contributed by atoms with Crippen molar-refractivity contribution >= 4 is 11.9 Å². The molecule has 0 amide bonds. The predicted molar refractivity (Wildman–Crippen MR) is 89.3 cm³/mol. The van der Waals surface area contributed by atoms with E-state index in [1.807, 2.05) is 0 Å². The highest BCUT2D eigenvalue weighted by molar-refractivity contribution is 5.71. The van der Waals surface area contributed by atoms with Crippen molar-refractivity contribution in [3.63, 3.8) is 0 Å². The quantitative estimate of drug-likeness (QED) is 0.320. The lowest BCUT2D eigenvalue weighted by molar-refractivity contribution is -0.163. The molecule has 4 atom stereocenters. The molecule has 1 saturated heterocycles. The van der Waals surface area contributed by atoms with Crippen LogP contribution in [0.25, 0.3) is 0 Å². The highest BCUT2D eigenvalue weighted by Gasteiger charge is 2.35. The Hall–Kier alpha value is -1.66. The largest absolute Gasteiger partial charge is 0.481 e. The molecule has 1 aliphatic rings. The van der Waals surface area contributed by atoms with Crippen LogP contribution < -0.4 is 0 Å². The van der Waals surface area contributed by atoms with Gasteiger partial charge in [0.25, 0.3) is 0 Å². The van der Waals surface area contributed by atoms with Crippen LogP contribution in [0.2, 0.25) is 0 Å². The topological polar surface area (TPSA) is 104 Å². The van der Waals surface area contributed by atoms with E-state index in [1.165, 1.54) is 6.08 Å². The summed E-state index contributed by atoms with van der Waals surface area (Å²) in [6.07, 6.45) is 8.35. The molecule has 6 heteroatoms. The Balaban J connectivity index is 2.62. The zero-order chi connectivity index (χ0) is 17.9. The fourth-order valence-electron chi connectivity index (χ4n) is 2.68. The summed E-state index contributed by atoms with van der Waals surface area (Å²) in [6.45, 7) is 2.09. The number of unbranched alkanes of at least 4 members (excludes halogenated alkanes) is 2. The molecule has 1 heterocycles. The number of carbonyl (C=O) groups is 2. The molecule has 3 N–H and O–H groups in total. The summed E-state index contributed by atoms with van der Waals surface area (Å²) >= 11 is 0. The molecule has 0 saturated carbocycles. The van der Waals surface area contributed by atoms with Crippen LogP contribution in [0.4, 0.5) is 0 Å². The average Bonchev–Trinajstić information content (AvgIpc) is 2.51. The van der Waals surface area contributed by atoms with E-state index < -0.39 is 30.3 Å². The standard InChI is InChI=1S/C18H28O6/c1-2-3-4-7-13(19)10-11-16-14(8-5-6-9-17(21)22)15(20)12-18(23)24-16/h5-6,10-11,13-16,19-20H,2-4,7-9,12H2,1H3,(H,21,22)/b6-5+,11-10-/t13-,14-,15-,16+/m0/s1. The highest BCUT2D eigenvalue weighted by Crippen LogP contribution is 2.27. The van der Waals surface area contributed by atoms with Crippen molar-refractivity contribution in [1.29, 1.82) is 0 Å². The number of aliphatic hydroxyl groups is 2. The minimum absolute atomic E-state index is 0.0686. The lowest BCUT2D eigenvalue weighted by Crippen LogP contribution is -2.41. The maximum absolute atomic E-state index is 11.5. The SMILES string of the molecule is CCCCC[C@H](O)/C=C\[C@H]1OC(=O)C[C@H](O)[C@@H]1C/C=C/CC(=O)O. The Bertz CT molecular complexity index is 456. The number of allylic oxidation sites excluding steroid dienone is 1. The number of hydrogen-bond acceptors (Lipinski definition) is 5. The van der Waals surface area contributed by atoms with Crippen LogP contribution in [0.15, 0.2) is 24.3 Å². The van der Waals surface area contributed by atoms with Gasteiger partial charge < -0.3 is 20.1 Å². The third-order valence-electron chi connectivity index (χ3n) is 4.05. The fraction of sp³-hybridized carbons (Fsp3) is 0.667. The molecule has 0 spiro atoms. The van der Waals surface area contributed by atoms with E-state index in [-0.39, 0.29) is 18.8 Å². The number of hydrogen-bond donors (Lipinski definition) is 3. The summed E-state index contributed by atoms with van der Waals surface area (Å²) in [5.74, 6) is -1.73. The van der Waals surface area contributed by atoms with Gasteiger partial charge in [-0.05, 0) is 18.9 Å². The van der Waals surface area contributed by atoms with E-state index in [0.717, 1.165) is 19.3 Å². The Morgan fingerprint density at radius 1 is 1.38 bits per heavy atom. The van der Waals surface area contributed by atoms with E-state index in [4.69, 9.17) is 9.84 Å². The molecule has 1 fully saturated rings. The Kier molecular flexibility index (Phi) is 9.34. The normalized spacial score (nSPS) is 26.0. The number of aliphatic hydroxyl groups excluding tert-OH is 2. The van der Waals surface area contributed by atoms with Crippen LogP contribution in [0.5, 0.6) is 0 Å². The molecule has 0 aromatic rings. The second kappa shape index (κ2) is 11.0. The number of ether oxygens (including phenoxy) is 1. The minimum Gasteiger partial charge on any atom is -0.481 e. The molecule has 1 aliphatic heterocycles. The molecule has 1 rings (SSSR count).